The molecule has 0 saturated heterocycles. The van der Waals surface area contributed by atoms with Crippen LogP contribution in [0.2, 0.25) is 5.02 Å². The van der Waals surface area contributed by atoms with Crippen molar-refractivity contribution in [3.05, 3.63) is 28.8 Å². The highest BCUT2D eigenvalue weighted by molar-refractivity contribution is 7.89. The maximum absolute atomic E-state index is 12.2. The SMILES string of the molecule is C#CCN(CC)S(=O)(=O)c1ccc(Cl)c(C(=O)O)c1. The van der Waals surface area contributed by atoms with Crippen molar-refractivity contribution >= 4 is 27.6 Å². The fourth-order valence-electron chi connectivity index (χ4n) is 1.45. The van der Waals surface area contributed by atoms with Crippen molar-refractivity contribution in [1.82, 2.24) is 4.31 Å². The Labute approximate surface area is 116 Å². The number of rotatable bonds is 5. The molecule has 0 bridgehead atoms. The van der Waals surface area contributed by atoms with Gasteiger partial charge >= 0.3 is 5.97 Å². The van der Waals surface area contributed by atoms with Crippen LogP contribution >= 0.6 is 11.6 Å². The average Bonchev–Trinajstić information content (AvgIpc) is 2.35. The summed E-state index contributed by atoms with van der Waals surface area (Å²) in [6.07, 6.45) is 5.11. The van der Waals surface area contributed by atoms with Crippen molar-refractivity contribution in [1.29, 1.82) is 0 Å². The van der Waals surface area contributed by atoms with E-state index in [1.165, 1.54) is 12.1 Å². The first kappa shape index (κ1) is 15.5. The highest BCUT2D eigenvalue weighted by atomic mass is 35.5. The predicted octanol–water partition coefficient (Wildman–Crippen LogP) is 1.68. The Morgan fingerprint density at radius 3 is 2.63 bits per heavy atom. The van der Waals surface area contributed by atoms with Gasteiger partial charge in [0.05, 0.1) is 22.0 Å². The molecule has 1 aromatic rings. The second-order valence-corrected chi connectivity index (χ2v) is 5.93. The van der Waals surface area contributed by atoms with Crippen molar-refractivity contribution in [3.63, 3.8) is 0 Å². The number of hydrogen-bond acceptors (Lipinski definition) is 3. The van der Waals surface area contributed by atoms with Gasteiger partial charge in [-0.25, -0.2) is 13.2 Å². The molecule has 0 saturated carbocycles. The third kappa shape index (κ3) is 3.26. The molecule has 0 unspecified atom stereocenters. The van der Waals surface area contributed by atoms with Gasteiger partial charge in [0.15, 0.2) is 0 Å². The summed E-state index contributed by atoms with van der Waals surface area (Å²) in [5, 5.41) is 8.91. The Bertz CT molecular complexity index is 634. The molecule has 0 aliphatic heterocycles. The third-order valence-electron chi connectivity index (χ3n) is 2.43. The Hall–Kier alpha value is -1.55. The highest BCUT2D eigenvalue weighted by Crippen LogP contribution is 2.22. The predicted molar refractivity (Wildman–Crippen MR) is 71.7 cm³/mol. The smallest absolute Gasteiger partial charge is 0.337 e. The molecule has 0 spiro atoms. The van der Waals surface area contributed by atoms with Crippen molar-refractivity contribution in [2.75, 3.05) is 13.1 Å². The van der Waals surface area contributed by atoms with Crippen molar-refractivity contribution in [2.45, 2.75) is 11.8 Å². The van der Waals surface area contributed by atoms with E-state index in [4.69, 9.17) is 23.1 Å². The van der Waals surface area contributed by atoms with Crippen LogP contribution in [0, 0.1) is 12.3 Å². The molecule has 19 heavy (non-hydrogen) atoms. The molecule has 0 aliphatic rings. The Balaban J connectivity index is 3.34. The first-order valence-corrected chi connectivity index (χ1v) is 7.12. The van der Waals surface area contributed by atoms with Crippen LogP contribution in [-0.2, 0) is 10.0 Å². The quantitative estimate of drug-likeness (QED) is 0.840. The van der Waals surface area contributed by atoms with Gasteiger partial charge in [0.25, 0.3) is 0 Å². The Kier molecular flexibility index (Phi) is 4.95. The summed E-state index contributed by atoms with van der Waals surface area (Å²) >= 11 is 5.69. The zero-order valence-electron chi connectivity index (χ0n) is 10.1. The van der Waals surface area contributed by atoms with E-state index in [1.54, 1.807) is 6.92 Å². The van der Waals surface area contributed by atoms with E-state index >= 15 is 0 Å². The van der Waals surface area contributed by atoms with Gasteiger partial charge in [0.1, 0.15) is 0 Å². The second-order valence-electron chi connectivity index (χ2n) is 3.58. The van der Waals surface area contributed by atoms with E-state index in [0.29, 0.717) is 0 Å². The summed E-state index contributed by atoms with van der Waals surface area (Å²) in [5.74, 6) is 0.958. The van der Waals surface area contributed by atoms with Crippen molar-refractivity contribution in [3.8, 4) is 12.3 Å². The standard InChI is InChI=1S/C12H12ClNO4S/c1-3-7-14(4-2)19(17,18)9-5-6-11(13)10(8-9)12(15)16/h1,5-6,8H,4,7H2,2H3,(H,15,16). The number of carboxylic acid groups (broad SMARTS) is 1. The van der Waals surface area contributed by atoms with Crippen LogP contribution in [0.25, 0.3) is 0 Å². The zero-order valence-corrected chi connectivity index (χ0v) is 11.7. The number of carboxylic acids is 1. The summed E-state index contributed by atoms with van der Waals surface area (Å²) in [5.41, 5.74) is -0.264. The normalized spacial score (nSPS) is 11.3. The lowest BCUT2D eigenvalue weighted by Crippen LogP contribution is -2.31. The van der Waals surface area contributed by atoms with E-state index < -0.39 is 16.0 Å². The van der Waals surface area contributed by atoms with Gasteiger partial charge < -0.3 is 5.11 Å². The minimum atomic E-state index is -3.82. The number of hydrogen-bond donors (Lipinski definition) is 1. The van der Waals surface area contributed by atoms with Gasteiger partial charge in [-0.1, -0.05) is 24.4 Å². The number of aromatic carboxylic acids is 1. The lowest BCUT2D eigenvalue weighted by molar-refractivity contribution is 0.0697. The second kappa shape index (κ2) is 6.06. The van der Waals surface area contributed by atoms with Crippen LogP contribution in [0.1, 0.15) is 17.3 Å². The number of benzene rings is 1. The number of carbonyl (C=O) groups is 1. The molecule has 7 heteroatoms. The van der Waals surface area contributed by atoms with Gasteiger partial charge in [-0.3, -0.25) is 0 Å². The maximum atomic E-state index is 12.2. The van der Waals surface area contributed by atoms with Crippen LogP contribution in [0.3, 0.4) is 0 Å². The third-order valence-corrected chi connectivity index (χ3v) is 4.67. The van der Waals surface area contributed by atoms with E-state index in [0.717, 1.165) is 10.4 Å². The molecule has 0 aliphatic carbocycles. The Morgan fingerprint density at radius 1 is 1.53 bits per heavy atom. The lowest BCUT2D eigenvalue weighted by atomic mass is 10.2. The molecular formula is C12H12ClNO4S. The maximum Gasteiger partial charge on any atom is 0.337 e. The summed E-state index contributed by atoms with van der Waals surface area (Å²) in [4.78, 5) is 10.8. The molecule has 102 valence electrons. The molecule has 1 N–H and O–H groups in total. The zero-order chi connectivity index (χ0) is 14.6. The first-order chi connectivity index (χ1) is 8.84. The van der Waals surface area contributed by atoms with Crippen LogP contribution in [-0.4, -0.2) is 36.9 Å². The van der Waals surface area contributed by atoms with E-state index in [9.17, 15) is 13.2 Å². The molecule has 0 aromatic heterocycles. The number of sulfonamides is 1. The number of nitrogens with zero attached hydrogens (tertiary/aromatic N) is 1. The van der Waals surface area contributed by atoms with Crippen LogP contribution in [0.5, 0.6) is 0 Å². The number of terminal acetylenes is 1. The van der Waals surface area contributed by atoms with Crippen LogP contribution in [0.15, 0.2) is 23.1 Å². The van der Waals surface area contributed by atoms with E-state index in [2.05, 4.69) is 5.92 Å². The Morgan fingerprint density at radius 2 is 2.16 bits per heavy atom. The van der Waals surface area contributed by atoms with Gasteiger partial charge in [-0.2, -0.15) is 4.31 Å². The molecule has 0 atom stereocenters. The van der Waals surface area contributed by atoms with Crippen molar-refractivity contribution in [2.24, 2.45) is 0 Å². The summed E-state index contributed by atoms with van der Waals surface area (Å²) in [7, 11) is -3.82. The fourth-order valence-corrected chi connectivity index (χ4v) is 3.03. The molecule has 0 amide bonds. The van der Waals surface area contributed by atoms with Gasteiger partial charge in [0, 0.05) is 6.54 Å². The molecular weight excluding hydrogens is 290 g/mol. The summed E-state index contributed by atoms with van der Waals surface area (Å²) in [6, 6.07) is 3.52. The first-order valence-electron chi connectivity index (χ1n) is 5.31. The summed E-state index contributed by atoms with van der Waals surface area (Å²) < 4.78 is 25.5. The van der Waals surface area contributed by atoms with Crippen molar-refractivity contribution < 1.29 is 18.3 Å². The number of halogens is 1. The van der Waals surface area contributed by atoms with Gasteiger partial charge in [-0.05, 0) is 18.2 Å². The molecule has 0 fully saturated rings. The van der Waals surface area contributed by atoms with Gasteiger partial charge in [0.2, 0.25) is 10.0 Å². The summed E-state index contributed by atoms with van der Waals surface area (Å²) in [6.45, 7) is 1.75. The van der Waals surface area contributed by atoms with Gasteiger partial charge in [-0.15, -0.1) is 6.42 Å². The minimum Gasteiger partial charge on any atom is -0.478 e. The molecule has 1 rings (SSSR count). The molecule has 0 heterocycles. The van der Waals surface area contributed by atoms with E-state index in [1.807, 2.05) is 0 Å². The fraction of sp³-hybridized carbons (Fsp3) is 0.250. The minimum absolute atomic E-state index is 0.0218. The monoisotopic (exact) mass is 301 g/mol. The highest BCUT2D eigenvalue weighted by Gasteiger charge is 2.24. The molecule has 1 aromatic carbocycles. The molecule has 5 nitrogen and oxygen atoms in total. The molecule has 0 radical (unpaired) electrons. The van der Waals surface area contributed by atoms with E-state index in [-0.39, 0.29) is 28.6 Å². The average molecular weight is 302 g/mol. The van der Waals surface area contributed by atoms with Crippen LogP contribution in [0.4, 0.5) is 0 Å². The van der Waals surface area contributed by atoms with Crippen LogP contribution < -0.4 is 0 Å². The topological polar surface area (TPSA) is 74.7 Å². The lowest BCUT2D eigenvalue weighted by Gasteiger charge is -2.18. The largest absolute Gasteiger partial charge is 0.478 e.